The van der Waals surface area contributed by atoms with Gasteiger partial charge in [0, 0.05) is 25.8 Å². The number of benzene rings is 1. The summed E-state index contributed by atoms with van der Waals surface area (Å²) >= 11 is 1.23. The van der Waals surface area contributed by atoms with Gasteiger partial charge in [0.2, 0.25) is 5.88 Å². The minimum atomic E-state index is -0.913. The maximum Gasteiger partial charge on any atom is 0.346 e. The first-order chi connectivity index (χ1) is 18.9. The van der Waals surface area contributed by atoms with Crippen LogP contribution in [0.4, 0.5) is 5.82 Å². The zero-order chi connectivity index (χ0) is 26.9. The molecule has 0 amide bonds. The Morgan fingerprint density at radius 3 is 2.77 bits per heavy atom. The van der Waals surface area contributed by atoms with Gasteiger partial charge in [0.15, 0.2) is 0 Å². The number of fused-ring (bicyclic) bond motifs is 1. The molecule has 2 atom stereocenters. The molecule has 3 aromatic heterocycles. The lowest BCUT2D eigenvalue weighted by molar-refractivity contribution is -0.0587. The van der Waals surface area contributed by atoms with Gasteiger partial charge in [0.25, 0.3) is 0 Å². The molecule has 6 rings (SSSR count). The number of carbonyl (C=O) groups is 1. The van der Waals surface area contributed by atoms with E-state index in [1.165, 1.54) is 22.5 Å². The normalized spacial score (nSPS) is 17.3. The van der Waals surface area contributed by atoms with E-state index in [0.29, 0.717) is 23.9 Å². The highest BCUT2D eigenvalue weighted by Gasteiger charge is 2.24. The number of hydrogen-bond donors (Lipinski definition) is 1. The molecule has 0 radical (unpaired) electrons. The zero-order valence-electron chi connectivity index (χ0n) is 21.8. The van der Waals surface area contributed by atoms with Gasteiger partial charge < -0.3 is 24.0 Å². The number of carboxylic acid groups (broad SMARTS) is 1. The maximum atomic E-state index is 11.5. The van der Waals surface area contributed by atoms with Crippen LogP contribution >= 0.6 is 20.6 Å². The predicted octanol–water partition coefficient (Wildman–Crippen LogP) is 5.05. The Kier molecular flexibility index (Phi) is 7.38. The summed E-state index contributed by atoms with van der Waals surface area (Å²) in [4.78, 5) is 24.4. The van der Waals surface area contributed by atoms with Gasteiger partial charge in [-0.15, -0.1) is 20.6 Å². The largest absolute Gasteiger partial charge is 0.477 e. The van der Waals surface area contributed by atoms with E-state index in [1.807, 2.05) is 18.2 Å². The van der Waals surface area contributed by atoms with Gasteiger partial charge >= 0.3 is 5.97 Å². The van der Waals surface area contributed by atoms with Crippen molar-refractivity contribution in [2.45, 2.75) is 45.4 Å². The van der Waals surface area contributed by atoms with Crippen LogP contribution < -0.4 is 14.9 Å². The summed E-state index contributed by atoms with van der Waals surface area (Å²) < 4.78 is 13.8. The number of thiophene rings is 1. The molecule has 1 N–H and O–H groups in total. The van der Waals surface area contributed by atoms with Crippen molar-refractivity contribution in [2.75, 3.05) is 24.6 Å². The molecule has 1 aromatic carbocycles. The van der Waals surface area contributed by atoms with E-state index >= 15 is 0 Å². The van der Waals surface area contributed by atoms with Crippen LogP contribution in [-0.2, 0) is 17.9 Å². The highest BCUT2D eigenvalue weighted by Crippen LogP contribution is 2.31. The van der Waals surface area contributed by atoms with Gasteiger partial charge in [-0.3, -0.25) is 0 Å². The van der Waals surface area contributed by atoms with Crippen molar-refractivity contribution in [1.82, 2.24) is 14.5 Å². The Morgan fingerprint density at radius 2 is 2.05 bits per heavy atom. The van der Waals surface area contributed by atoms with Crippen molar-refractivity contribution in [3.63, 3.8) is 0 Å². The molecule has 4 aromatic rings. The maximum absolute atomic E-state index is 11.5. The quantitative estimate of drug-likeness (QED) is 0.301. The molecule has 8 nitrogen and oxygen atoms in total. The number of ether oxygens (including phenoxy) is 2. The number of hydrogen-bond acceptors (Lipinski definition) is 7. The summed E-state index contributed by atoms with van der Waals surface area (Å²) in [6.07, 6.45) is 5.17. The number of anilines is 1. The van der Waals surface area contributed by atoms with Gasteiger partial charge in [-0.1, -0.05) is 35.4 Å². The fourth-order valence-electron chi connectivity index (χ4n) is 4.98. The van der Waals surface area contributed by atoms with Crippen LogP contribution in [0.3, 0.4) is 0 Å². The number of rotatable bonds is 8. The fourth-order valence-corrected chi connectivity index (χ4v) is 6.30. The SMILES string of the molecule is Cc1ccc(COc2cccc(N3CCC(=Cc4nc5sc(C(=O)O)cc5n4C[C@@H]4CCO4)CC3)n2)c(P)c1. The Balaban J connectivity index is 1.13. The van der Waals surface area contributed by atoms with Crippen LogP contribution in [-0.4, -0.2) is 51.4 Å². The average molecular weight is 563 g/mol. The van der Waals surface area contributed by atoms with Gasteiger partial charge in [0.05, 0.1) is 18.2 Å². The highest BCUT2D eigenvalue weighted by molar-refractivity contribution is 7.27. The molecular weight excluding hydrogens is 531 g/mol. The zero-order valence-corrected chi connectivity index (χ0v) is 23.8. The third-order valence-corrected chi connectivity index (χ3v) is 8.86. The van der Waals surface area contributed by atoms with Gasteiger partial charge in [0.1, 0.15) is 28.0 Å². The van der Waals surface area contributed by atoms with E-state index < -0.39 is 5.97 Å². The number of aromatic nitrogens is 3. The Labute approximate surface area is 233 Å². The smallest absolute Gasteiger partial charge is 0.346 e. The molecular formula is C29H31N4O4PS. The third-order valence-electron chi connectivity index (χ3n) is 7.32. The standard InChI is InChI=1S/C29H31N4O4PS/c1-18-5-6-20(23(38)13-18)17-37-27-4-2-3-25(30-27)32-10-7-19(8-11-32)14-26-31-28-22(15-24(39-28)29(34)35)33(26)16-21-9-12-36-21/h2-6,13-15,21H,7-12,16-17,38H2,1H3,(H,34,35)/t21-/m0/s1. The van der Waals surface area contributed by atoms with E-state index in [4.69, 9.17) is 19.4 Å². The van der Waals surface area contributed by atoms with E-state index in [2.05, 4.69) is 49.9 Å². The van der Waals surface area contributed by atoms with Crippen molar-refractivity contribution >= 4 is 54.1 Å². The molecule has 2 fully saturated rings. The molecule has 0 spiro atoms. The third kappa shape index (κ3) is 5.71. The van der Waals surface area contributed by atoms with Gasteiger partial charge in [-0.25, -0.2) is 9.78 Å². The lowest BCUT2D eigenvalue weighted by Gasteiger charge is -2.30. The van der Waals surface area contributed by atoms with Gasteiger partial charge in [-0.05, 0) is 55.3 Å². The molecule has 39 heavy (non-hydrogen) atoms. The summed E-state index contributed by atoms with van der Waals surface area (Å²) in [5, 5.41) is 10.6. The number of aryl methyl sites for hydroxylation is 1. The van der Waals surface area contributed by atoms with Crippen molar-refractivity contribution in [1.29, 1.82) is 0 Å². The Morgan fingerprint density at radius 1 is 1.23 bits per heavy atom. The number of aromatic carboxylic acids is 1. The number of imidazole rings is 1. The van der Waals surface area contributed by atoms with Crippen molar-refractivity contribution < 1.29 is 19.4 Å². The van der Waals surface area contributed by atoms with Crippen molar-refractivity contribution in [2.24, 2.45) is 0 Å². The second-order valence-corrected chi connectivity index (χ2v) is 11.7. The minimum absolute atomic E-state index is 0.156. The Bertz CT molecular complexity index is 1550. The van der Waals surface area contributed by atoms with Crippen molar-refractivity contribution in [3.8, 4) is 5.88 Å². The lowest BCUT2D eigenvalue weighted by Crippen LogP contribution is -2.32. The van der Waals surface area contributed by atoms with Crippen molar-refractivity contribution in [3.05, 3.63) is 69.9 Å². The molecule has 0 aliphatic carbocycles. The number of piperidine rings is 1. The first-order valence-corrected chi connectivity index (χ1v) is 14.6. The summed E-state index contributed by atoms with van der Waals surface area (Å²) in [5.41, 5.74) is 4.56. The minimum Gasteiger partial charge on any atom is -0.477 e. The molecule has 2 saturated heterocycles. The average Bonchev–Trinajstić information content (AvgIpc) is 3.45. The molecule has 202 valence electrons. The van der Waals surface area contributed by atoms with Crippen LogP contribution in [0.5, 0.6) is 5.88 Å². The molecule has 2 aliphatic rings. The molecule has 0 bridgehead atoms. The highest BCUT2D eigenvalue weighted by atomic mass is 32.1. The number of carboxylic acids is 1. The monoisotopic (exact) mass is 562 g/mol. The molecule has 2 aliphatic heterocycles. The van der Waals surface area contributed by atoms with Crippen LogP contribution in [0.1, 0.15) is 45.9 Å². The van der Waals surface area contributed by atoms with Crippen LogP contribution in [0, 0.1) is 6.92 Å². The van der Waals surface area contributed by atoms with Crippen LogP contribution in [0.2, 0.25) is 0 Å². The van der Waals surface area contributed by atoms with Crippen LogP contribution in [0.25, 0.3) is 16.4 Å². The number of nitrogens with zero attached hydrogens (tertiary/aromatic N) is 4. The summed E-state index contributed by atoms with van der Waals surface area (Å²) in [6, 6.07) is 14.0. The molecule has 5 heterocycles. The fraction of sp³-hybridized carbons (Fsp3) is 0.345. The van der Waals surface area contributed by atoms with E-state index in [0.717, 1.165) is 71.8 Å². The first kappa shape index (κ1) is 26.0. The van der Waals surface area contributed by atoms with E-state index in [9.17, 15) is 9.90 Å². The summed E-state index contributed by atoms with van der Waals surface area (Å²) in [6.45, 7) is 5.76. The first-order valence-electron chi connectivity index (χ1n) is 13.2. The molecule has 1 unspecified atom stereocenters. The summed E-state index contributed by atoms with van der Waals surface area (Å²) in [7, 11) is 2.78. The summed E-state index contributed by atoms with van der Waals surface area (Å²) in [5.74, 6) is 1.51. The second-order valence-electron chi connectivity index (χ2n) is 10.1. The number of pyridine rings is 1. The predicted molar refractivity (Wildman–Crippen MR) is 157 cm³/mol. The Hall–Kier alpha value is -3.26. The molecule has 10 heteroatoms. The van der Waals surface area contributed by atoms with E-state index in [1.54, 1.807) is 6.07 Å². The van der Waals surface area contributed by atoms with E-state index in [-0.39, 0.29) is 6.10 Å². The topological polar surface area (TPSA) is 89.7 Å². The van der Waals surface area contributed by atoms with Gasteiger partial charge in [-0.2, -0.15) is 4.98 Å². The lowest BCUT2D eigenvalue weighted by atomic mass is 10.0. The van der Waals surface area contributed by atoms with Crippen LogP contribution in [0.15, 0.2) is 48.0 Å². The molecule has 0 saturated carbocycles. The second kappa shape index (κ2) is 11.1.